The number of aromatic nitrogens is 2. The summed E-state index contributed by atoms with van der Waals surface area (Å²) in [6, 6.07) is 2.02. The molecule has 2 fully saturated rings. The summed E-state index contributed by atoms with van der Waals surface area (Å²) in [4.78, 5) is 4.22. The second-order valence-corrected chi connectivity index (χ2v) is 7.15. The lowest BCUT2D eigenvalue weighted by molar-refractivity contribution is 0.211. The van der Waals surface area contributed by atoms with Crippen molar-refractivity contribution < 1.29 is 0 Å². The molecular formula is C17H29N3. The van der Waals surface area contributed by atoms with Crippen LogP contribution in [-0.2, 0) is 0 Å². The van der Waals surface area contributed by atoms with Crippen molar-refractivity contribution in [2.45, 2.75) is 76.9 Å². The smallest absolute Gasteiger partial charge is 0.0949 e. The molecule has 0 aliphatic heterocycles. The first-order valence-corrected chi connectivity index (χ1v) is 8.47. The third kappa shape index (κ3) is 3.08. The monoisotopic (exact) mass is 275 g/mol. The normalized spacial score (nSPS) is 34.8. The van der Waals surface area contributed by atoms with E-state index in [0.29, 0.717) is 12.1 Å². The molecular weight excluding hydrogens is 246 g/mol. The molecule has 0 radical (unpaired) electrons. The Balaban J connectivity index is 1.59. The van der Waals surface area contributed by atoms with Crippen molar-refractivity contribution in [3.63, 3.8) is 0 Å². The molecule has 3 heteroatoms. The lowest BCUT2D eigenvalue weighted by atomic mass is 9.79. The number of nitrogens with one attached hydrogen (secondary N) is 1. The van der Waals surface area contributed by atoms with Gasteiger partial charge in [0.25, 0.3) is 0 Å². The van der Waals surface area contributed by atoms with E-state index in [1.807, 2.05) is 12.5 Å². The van der Waals surface area contributed by atoms with Crippen LogP contribution >= 0.6 is 0 Å². The molecule has 112 valence electrons. The first-order valence-electron chi connectivity index (χ1n) is 8.47. The van der Waals surface area contributed by atoms with Gasteiger partial charge < -0.3 is 9.88 Å². The molecule has 2 aliphatic rings. The highest BCUT2D eigenvalue weighted by molar-refractivity contribution is 4.94. The number of nitrogens with zero attached hydrogens (tertiary/aromatic N) is 2. The van der Waals surface area contributed by atoms with Gasteiger partial charge in [0.05, 0.1) is 6.33 Å². The van der Waals surface area contributed by atoms with Crippen molar-refractivity contribution >= 4 is 0 Å². The summed E-state index contributed by atoms with van der Waals surface area (Å²) in [5, 5.41) is 3.99. The largest absolute Gasteiger partial charge is 0.333 e. The minimum atomic E-state index is 0.622. The topological polar surface area (TPSA) is 29.9 Å². The van der Waals surface area contributed by atoms with Gasteiger partial charge in [-0.3, -0.25) is 0 Å². The lowest BCUT2D eigenvalue weighted by Gasteiger charge is -2.35. The highest BCUT2D eigenvalue weighted by Gasteiger charge is 2.32. The Morgan fingerprint density at radius 2 is 2.00 bits per heavy atom. The van der Waals surface area contributed by atoms with Gasteiger partial charge in [0.15, 0.2) is 0 Å². The Labute approximate surface area is 123 Å². The minimum absolute atomic E-state index is 0.622. The molecule has 1 heterocycles. The maximum atomic E-state index is 4.22. The van der Waals surface area contributed by atoms with E-state index in [4.69, 9.17) is 0 Å². The van der Waals surface area contributed by atoms with E-state index in [9.17, 15) is 0 Å². The summed E-state index contributed by atoms with van der Waals surface area (Å²) in [6.45, 7) is 4.77. The van der Waals surface area contributed by atoms with E-state index in [-0.39, 0.29) is 0 Å². The molecule has 0 bridgehead atoms. The summed E-state index contributed by atoms with van der Waals surface area (Å²) in [5.74, 6) is 1.77. The summed E-state index contributed by atoms with van der Waals surface area (Å²) in [7, 11) is 0. The van der Waals surface area contributed by atoms with Crippen LogP contribution in [0, 0.1) is 11.8 Å². The molecule has 2 saturated carbocycles. The molecule has 1 aromatic rings. The number of imidazole rings is 1. The molecule has 0 aromatic carbocycles. The zero-order chi connectivity index (χ0) is 13.9. The van der Waals surface area contributed by atoms with Crippen LogP contribution in [0.5, 0.6) is 0 Å². The fourth-order valence-electron chi connectivity index (χ4n) is 4.24. The van der Waals surface area contributed by atoms with Crippen LogP contribution in [0.4, 0.5) is 0 Å². The Bertz CT molecular complexity index is 398. The molecule has 3 nitrogen and oxygen atoms in total. The van der Waals surface area contributed by atoms with E-state index in [2.05, 4.69) is 34.9 Å². The highest BCUT2D eigenvalue weighted by atomic mass is 15.1. The summed E-state index contributed by atoms with van der Waals surface area (Å²) in [5.41, 5.74) is 0. The first-order chi connectivity index (χ1) is 9.74. The zero-order valence-corrected chi connectivity index (χ0v) is 13.0. The van der Waals surface area contributed by atoms with Gasteiger partial charge in [0.2, 0.25) is 0 Å². The van der Waals surface area contributed by atoms with Crippen molar-refractivity contribution in [2.75, 3.05) is 0 Å². The Morgan fingerprint density at radius 3 is 2.75 bits per heavy atom. The Morgan fingerprint density at radius 1 is 1.15 bits per heavy atom. The molecule has 0 saturated heterocycles. The van der Waals surface area contributed by atoms with Crippen LogP contribution in [0.15, 0.2) is 18.7 Å². The van der Waals surface area contributed by atoms with Crippen LogP contribution < -0.4 is 5.32 Å². The SMILES string of the molecule is CC(C)C1CCCC(NC2CCCC2n2ccnc2)C1. The Hall–Kier alpha value is -0.830. The summed E-state index contributed by atoms with van der Waals surface area (Å²) < 4.78 is 2.31. The van der Waals surface area contributed by atoms with Gasteiger partial charge >= 0.3 is 0 Å². The third-order valence-corrected chi connectivity index (χ3v) is 5.49. The molecule has 1 N–H and O–H groups in total. The van der Waals surface area contributed by atoms with E-state index in [0.717, 1.165) is 17.9 Å². The second-order valence-electron chi connectivity index (χ2n) is 7.15. The maximum Gasteiger partial charge on any atom is 0.0949 e. The molecule has 20 heavy (non-hydrogen) atoms. The zero-order valence-electron chi connectivity index (χ0n) is 13.0. The van der Waals surface area contributed by atoms with Crippen LogP contribution in [0.25, 0.3) is 0 Å². The van der Waals surface area contributed by atoms with Gasteiger partial charge in [0, 0.05) is 30.5 Å². The molecule has 4 atom stereocenters. The highest BCUT2D eigenvalue weighted by Crippen LogP contribution is 2.34. The van der Waals surface area contributed by atoms with Crippen molar-refractivity contribution in [1.82, 2.24) is 14.9 Å². The van der Waals surface area contributed by atoms with Crippen LogP contribution in [-0.4, -0.2) is 21.6 Å². The fraction of sp³-hybridized carbons (Fsp3) is 0.824. The number of hydrogen-bond acceptors (Lipinski definition) is 2. The third-order valence-electron chi connectivity index (χ3n) is 5.49. The van der Waals surface area contributed by atoms with E-state index < -0.39 is 0 Å². The predicted molar refractivity (Wildman–Crippen MR) is 82.6 cm³/mol. The van der Waals surface area contributed by atoms with Gasteiger partial charge in [0.1, 0.15) is 0 Å². The molecule has 3 rings (SSSR count). The Kier molecular flexibility index (Phi) is 4.45. The second kappa shape index (κ2) is 6.30. The van der Waals surface area contributed by atoms with Gasteiger partial charge in [-0.15, -0.1) is 0 Å². The molecule has 0 amide bonds. The van der Waals surface area contributed by atoms with E-state index in [1.54, 1.807) is 0 Å². The minimum Gasteiger partial charge on any atom is -0.333 e. The summed E-state index contributed by atoms with van der Waals surface area (Å²) in [6.07, 6.45) is 15.6. The van der Waals surface area contributed by atoms with Crippen molar-refractivity contribution in [2.24, 2.45) is 11.8 Å². The van der Waals surface area contributed by atoms with Crippen molar-refractivity contribution in [3.8, 4) is 0 Å². The number of rotatable bonds is 4. The predicted octanol–water partition coefficient (Wildman–Crippen LogP) is 3.78. The quantitative estimate of drug-likeness (QED) is 0.906. The maximum absolute atomic E-state index is 4.22. The first kappa shape index (κ1) is 14.1. The molecule has 1 aromatic heterocycles. The average Bonchev–Trinajstić information content (AvgIpc) is 3.09. The van der Waals surface area contributed by atoms with Gasteiger partial charge in [-0.1, -0.05) is 26.7 Å². The van der Waals surface area contributed by atoms with E-state index in [1.165, 1.54) is 44.9 Å². The van der Waals surface area contributed by atoms with Gasteiger partial charge in [-0.05, 0) is 43.9 Å². The molecule has 2 aliphatic carbocycles. The van der Waals surface area contributed by atoms with Crippen molar-refractivity contribution in [1.29, 1.82) is 0 Å². The van der Waals surface area contributed by atoms with Crippen LogP contribution in [0.1, 0.15) is 64.8 Å². The van der Waals surface area contributed by atoms with Crippen molar-refractivity contribution in [3.05, 3.63) is 18.7 Å². The van der Waals surface area contributed by atoms with E-state index >= 15 is 0 Å². The van der Waals surface area contributed by atoms with Gasteiger partial charge in [-0.25, -0.2) is 4.98 Å². The molecule has 4 unspecified atom stereocenters. The average molecular weight is 275 g/mol. The fourth-order valence-corrected chi connectivity index (χ4v) is 4.24. The molecule has 0 spiro atoms. The lowest BCUT2D eigenvalue weighted by Crippen LogP contribution is -2.43. The van der Waals surface area contributed by atoms with Crippen LogP contribution in [0.2, 0.25) is 0 Å². The van der Waals surface area contributed by atoms with Gasteiger partial charge in [-0.2, -0.15) is 0 Å². The standard InChI is InChI=1S/C17H29N3/c1-13(2)14-5-3-6-15(11-14)19-16-7-4-8-17(16)20-10-9-18-12-20/h9-10,12-17,19H,3-8,11H2,1-2H3. The number of hydrogen-bond donors (Lipinski definition) is 1. The van der Waals surface area contributed by atoms with Crippen LogP contribution in [0.3, 0.4) is 0 Å². The summed E-state index contributed by atoms with van der Waals surface area (Å²) >= 11 is 0.